The molecule has 1 aromatic heterocycles. The number of pyridine rings is 1. The molecule has 0 spiro atoms. The van der Waals surface area contributed by atoms with Gasteiger partial charge < -0.3 is 9.64 Å². The highest BCUT2D eigenvalue weighted by Gasteiger charge is 2.31. The van der Waals surface area contributed by atoms with Crippen molar-refractivity contribution in [2.24, 2.45) is 0 Å². The second-order valence-electron chi connectivity index (χ2n) is 7.17. The van der Waals surface area contributed by atoms with Gasteiger partial charge in [0, 0.05) is 44.6 Å². The van der Waals surface area contributed by atoms with E-state index in [-0.39, 0.29) is 17.8 Å². The van der Waals surface area contributed by atoms with Crippen LogP contribution in [0.25, 0.3) is 0 Å². The van der Waals surface area contributed by atoms with E-state index in [2.05, 4.69) is 9.88 Å². The number of nitrogens with zero attached hydrogens (tertiary/aromatic N) is 3. The molecule has 3 heterocycles. The van der Waals surface area contributed by atoms with Gasteiger partial charge in [-0.3, -0.25) is 14.7 Å². The molecule has 1 unspecified atom stereocenters. The molecule has 1 atom stereocenters. The number of carbonyl (C=O) groups is 1. The molecule has 27 heavy (non-hydrogen) atoms. The summed E-state index contributed by atoms with van der Waals surface area (Å²) in [4.78, 5) is 21.0. The van der Waals surface area contributed by atoms with Crippen LogP contribution in [0.4, 0.5) is 4.39 Å². The van der Waals surface area contributed by atoms with Gasteiger partial charge in [-0.05, 0) is 42.7 Å². The maximum Gasteiger partial charge on any atom is 0.255 e. The van der Waals surface area contributed by atoms with Crippen molar-refractivity contribution in [2.45, 2.75) is 25.0 Å². The number of hydrogen-bond donors (Lipinski definition) is 0. The Kier molecular flexibility index (Phi) is 5.45. The van der Waals surface area contributed by atoms with E-state index in [1.54, 1.807) is 30.6 Å². The van der Waals surface area contributed by atoms with E-state index in [9.17, 15) is 9.18 Å². The molecule has 1 aromatic carbocycles. The lowest BCUT2D eigenvalue weighted by Crippen LogP contribution is -2.50. The molecule has 2 fully saturated rings. The average Bonchev–Trinajstić information content (AvgIpc) is 2.75. The fourth-order valence-corrected chi connectivity index (χ4v) is 3.99. The van der Waals surface area contributed by atoms with E-state index in [4.69, 9.17) is 4.74 Å². The van der Waals surface area contributed by atoms with Crippen LogP contribution in [-0.2, 0) is 4.74 Å². The Morgan fingerprint density at radius 3 is 2.59 bits per heavy atom. The van der Waals surface area contributed by atoms with Gasteiger partial charge in [-0.25, -0.2) is 4.39 Å². The maximum atomic E-state index is 13.2. The van der Waals surface area contributed by atoms with Gasteiger partial charge >= 0.3 is 0 Å². The van der Waals surface area contributed by atoms with Crippen LogP contribution < -0.4 is 0 Å². The number of piperidine rings is 1. The normalized spacial score (nSPS) is 22.0. The van der Waals surface area contributed by atoms with Crippen molar-refractivity contribution in [1.82, 2.24) is 14.8 Å². The molecule has 2 aliphatic heterocycles. The van der Waals surface area contributed by atoms with Crippen molar-refractivity contribution in [1.29, 1.82) is 0 Å². The van der Waals surface area contributed by atoms with Crippen LogP contribution in [0.3, 0.4) is 0 Å². The summed E-state index contributed by atoms with van der Waals surface area (Å²) in [6, 6.07) is 10.6. The fraction of sp³-hybridized carbons (Fsp3) is 0.429. The summed E-state index contributed by atoms with van der Waals surface area (Å²) in [5.74, 6) is -0.162. The smallest absolute Gasteiger partial charge is 0.255 e. The number of likely N-dealkylation sites (tertiary alicyclic amines) is 1. The SMILES string of the molecule is O=C(c1cccnc1)N1CCC(N2CCOC(c3ccc(F)cc3)C2)CC1. The summed E-state index contributed by atoms with van der Waals surface area (Å²) in [6.07, 6.45) is 5.21. The fourth-order valence-electron chi connectivity index (χ4n) is 3.99. The molecule has 6 heteroatoms. The van der Waals surface area contributed by atoms with Gasteiger partial charge in [0.1, 0.15) is 5.82 Å². The van der Waals surface area contributed by atoms with Crippen molar-refractivity contribution in [3.63, 3.8) is 0 Å². The molecular formula is C21H24FN3O2. The first-order valence-electron chi connectivity index (χ1n) is 9.51. The van der Waals surface area contributed by atoms with Gasteiger partial charge in [-0.1, -0.05) is 12.1 Å². The van der Waals surface area contributed by atoms with Gasteiger partial charge in [-0.2, -0.15) is 0 Å². The van der Waals surface area contributed by atoms with E-state index in [0.717, 1.165) is 44.6 Å². The number of morpholine rings is 1. The lowest BCUT2D eigenvalue weighted by Gasteiger charge is -2.42. The third kappa shape index (κ3) is 4.17. The third-order valence-corrected chi connectivity index (χ3v) is 5.52. The molecule has 4 rings (SSSR count). The van der Waals surface area contributed by atoms with Gasteiger partial charge in [0.25, 0.3) is 5.91 Å². The Morgan fingerprint density at radius 1 is 1.11 bits per heavy atom. The molecule has 0 saturated carbocycles. The van der Waals surface area contributed by atoms with E-state index in [0.29, 0.717) is 18.2 Å². The second-order valence-corrected chi connectivity index (χ2v) is 7.17. The quantitative estimate of drug-likeness (QED) is 0.835. The zero-order valence-electron chi connectivity index (χ0n) is 15.3. The number of benzene rings is 1. The Labute approximate surface area is 158 Å². The number of amides is 1. The van der Waals surface area contributed by atoms with E-state index in [1.807, 2.05) is 11.0 Å². The van der Waals surface area contributed by atoms with Crippen LogP contribution in [0.5, 0.6) is 0 Å². The first kappa shape index (κ1) is 18.1. The third-order valence-electron chi connectivity index (χ3n) is 5.52. The van der Waals surface area contributed by atoms with Gasteiger partial charge in [-0.15, -0.1) is 0 Å². The highest BCUT2D eigenvalue weighted by Crippen LogP contribution is 2.27. The van der Waals surface area contributed by atoms with Crippen LogP contribution in [0, 0.1) is 5.82 Å². The lowest BCUT2D eigenvalue weighted by molar-refractivity contribution is -0.0525. The molecule has 2 aliphatic rings. The lowest BCUT2D eigenvalue weighted by atomic mass is 10.00. The summed E-state index contributed by atoms with van der Waals surface area (Å²) >= 11 is 0. The second kappa shape index (κ2) is 8.15. The minimum atomic E-state index is -0.225. The van der Waals surface area contributed by atoms with Gasteiger partial charge in [0.2, 0.25) is 0 Å². The summed E-state index contributed by atoms with van der Waals surface area (Å²) in [5.41, 5.74) is 1.67. The average molecular weight is 369 g/mol. The van der Waals surface area contributed by atoms with Crippen molar-refractivity contribution >= 4 is 5.91 Å². The molecule has 0 radical (unpaired) electrons. The highest BCUT2D eigenvalue weighted by molar-refractivity contribution is 5.93. The number of hydrogen-bond acceptors (Lipinski definition) is 4. The van der Waals surface area contributed by atoms with Crippen LogP contribution in [0.15, 0.2) is 48.8 Å². The summed E-state index contributed by atoms with van der Waals surface area (Å²) in [6.45, 7) is 3.91. The van der Waals surface area contributed by atoms with Crippen molar-refractivity contribution in [2.75, 3.05) is 32.8 Å². The molecule has 2 aromatic rings. The molecule has 142 valence electrons. The van der Waals surface area contributed by atoms with Gasteiger partial charge in [0.15, 0.2) is 0 Å². The zero-order valence-corrected chi connectivity index (χ0v) is 15.3. The van der Waals surface area contributed by atoms with Crippen LogP contribution in [-0.4, -0.2) is 59.5 Å². The number of aromatic nitrogens is 1. The summed E-state index contributed by atoms with van der Waals surface area (Å²) < 4.78 is 19.1. The number of rotatable bonds is 3. The number of halogens is 1. The van der Waals surface area contributed by atoms with Crippen LogP contribution >= 0.6 is 0 Å². The number of carbonyl (C=O) groups excluding carboxylic acids is 1. The zero-order chi connectivity index (χ0) is 18.6. The first-order valence-corrected chi connectivity index (χ1v) is 9.51. The van der Waals surface area contributed by atoms with Crippen molar-refractivity contribution in [3.8, 4) is 0 Å². The Morgan fingerprint density at radius 2 is 1.89 bits per heavy atom. The monoisotopic (exact) mass is 369 g/mol. The van der Waals surface area contributed by atoms with Gasteiger partial charge in [0.05, 0.1) is 18.3 Å². The summed E-state index contributed by atoms with van der Waals surface area (Å²) in [5, 5.41) is 0. The molecule has 0 aliphatic carbocycles. The van der Waals surface area contributed by atoms with Crippen LogP contribution in [0.2, 0.25) is 0 Å². The van der Waals surface area contributed by atoms with Crippen molar-refractivity contribution < 1.29 is 13.9 Å². The molecule has 0 N–H and O–H groups in total. The largest absolute Gasteiger partial charge is 0.371 e. The molecule has 2 saturated heterocycles. The Hall–Kier alpha value is -2.31. The summed E-state index contributed by atoms with van der Waals surface area (Å²) in [7, 11) is 0. The predicted molar refractivity (Wildman–Crippen MR) is 99.8 cm³/mol. The molecule has 0 bridgehead atoms. The number of ether oxygens (including phenoxy) is 1. The minimum Gasteiger partial charge on any atom is -0.371 e. The topological polar surface area (TPSA) is 45.7 Å². The van der Waals surface area contributed by atoms with Crippen LogP contribution in [0.1, 0.15) is 34.9 Å². The standard InChI is InChI=1S/C21H24FN3O2/c22-18-5-3-16(4-6-18)20-15-25(12-13-27-20)19-7-10-24(11-8-19)21(26)17-2-1-9-23-14-17/h1-6,9,14,19-20H,7-8,10-13,15H2. The van der Waals surface area contributed by atoms with E-state index >= 15 is 0 Å². The predicted octanol–water partition coefficient (Wildman–Crippen LogP) is 2.90. The highest BCUT2D eigenvalue weighted by atomic mass is 19.1. The van der Waals surface area contributed by atoms with E-state index < -0.39 is 0 Å². The molecule has 5 nitrogen and oxygen atoms in total. The Balaban J connectivity index is 1.34. The molecule has 1 amide bonds. The maximum absolute atomic E-state index is 13.2. The first-order chi connectivity index (χ1) is 13.2. The van der Waals surface area contributed by atoms with E-state index in [1.165, 1.54) is 12.1 Å². The molecular weight excluding hydrogens is 345 g/mol. The Bertz CT molecular complexity index is 761. The minimum absolute atomic E-state index is 0.0191. The van der Waals surface area contributed by atoms with Crippen molar-refractivity contribution in [3.05, 3.63) is 65.7 Å².